The number of ether oxygens (including phenoxy) is 1. The zero-order valence-electron chi connectivity index (χ0n) is 26.6. The van der Waals surface area contributed by atoms with Gasteiger partial charge < -0.3 is 20.3 Å². The third kappa shape index (κ3) is 8.81. The van der Waals surface area contributed by atoms with Crippen molar-refractivity contribution in [1.29, 1.82) is 0 Å². The van der Waals surface area contributed by atoms with Crippen LogP contribution < -0.4 is 10.6 Å². The molecule has 0 fully saturated rings. The number of alkyl carbamates (subject to hydrolysis) is 1. The summed E-state index contributed by atoms with van der Waals surface area (Å²) in [7, 11) is 0. The van der Waals surface area contributed by atoms with E-state index in [4.69, 9.17) is 4.74 Å². The second-order valence-corrected chi connectivity index (χ2v) is 12.7. The number of nitrogens with zero attached hydrogens (tertiary/aromatic N) is 1. The number of hydrogen-bond acceptors (Lipinski definition) is 4. The van der Waals surface area contributed by atoms with Crippen LogP contribution in [0, 0.1) is 19.8 Å². The van der Waals surface area contributed by atoms with Gasteiger partial charge >= 0.3 is 6.09 Å². The number of benzene rings is 3. The second-order valence-electron chi connectivity index (χ2n) is 12.7. The quantitative estimate of drug-likeness (QED) is 0.260. The maximum Gasteiger partial charge on any atom is 0.408 e. The summed E-state index contributed by atoms with van der Waals surface area (Å²) < 4.78 is 5.41. The number of hydrogen-bond donors (Lipinski definition) is 2. The van der Waals surface area contributed by atoms with Crippen molar-refractivity contribution >= 4 is 34.4 Å². The first-order chi connectivity index (χ1) is 19.7. The third-order valence-corrected chi connectivity index (χ3v) is 7.39. The second kappa shape index (κ2) is 13.9. The highest BCUT2D eigenvalue weighted by atomic mass is 16.6. The first-order valence-electron chi connectivity index (χ1n) is 14.8. The summed E-state index contributed by atoms with van der Waals surface area (Å²) in [4.78, 5) is 42.7. The van der Waals surface area contributed by atoms with Crippen molar-refractivity contribution in [2.45, 2.75) is 98.9 Å². The summed E-state index contributed by atoms with van der Waals surface area (Å²) in [6.07, 6.45) is 0.902. The van der Waals surface area contributed by atoms with Gasteiger partial charge in [-0.3, -0.25) is 9.59 Å². The predicted molar refractivity (Wildman–Crippen MR) is 170 cm³/mol. The highest BCUT2D eigenvalue weighted by Crippen LogP contribution is 2.30. The number of fused-ring (bicyclic) bond motifs is 1. The zero-order valence-corrected chi connectivity index (χ0v) is 26.6. The molecule has 0 saturated carbocycles. The summed E-state index contributed by atoms with van der Waals surface area (Å²) in [6.45, 7) is 17.2. The number of carbonyl (C=O) groups is 3. The topological polar surface area (TPSA) is 87.7 Å². The van der Waals surface area contributed by atoms with Crippen molar-refractivity contribution < 1.29 is 19.1 Å². The fraction of sp³-hybridized carbons (Fsp3) is 0.457. The summed E-state index contributed by atoms with van der Waals surface area (Å²) in [5, 5.41) is 7.85. The van der Waals surface area contributed by atoms with E-state index in [-0.39, 0.29) is 17.9 Å². The number of rotatable bonds is 10. The van der Waals surface area contributed by atoms with E-state index in [1.54, 1.807) is 32.6 Å². The number of aryl methyl sites for hydroxylation is 2. The molecule has 0 radical (unpaired) electrons. The van der Waals surface area contributed by atoms with E-state index in [0.29, 0.717) is 23.6 Å². The van der Waals surface area contributed by atoms with Gasteiger partial charge in [0.15, 0.2) is 0 Å². The average Bonchev–Trinajstić information content (AvgIpc) is 2.90. The molecular weight excluding hydrogens is 526 g/mol. The molecule has 0 heterocycles. The van der Waals surface area contributed by atoms with Crippen molar-refractivity contribution in [3.05, 3.63) is 77.4 Å². The first kappa shape index (κ1) is 32.6. The predicted octanol–water partition coefficient (Wildman–Crippen LogP) is 7.70. The van der Waals surface area contributed by atoms with Crippen LogP contribution in [0.5, 0.6) is 0 Å². The Bertz CT molecular complexity index is 1410. The van der Waals surface area contributed by atoms with Crippen molar-refractivity contribution in [2.24, 2.45) is 5.92 Å². The molecule has 3 amide bonds. The van der Waals surface area contributed by atoms with Gasteiger partial charge in [-0.2, -0.15) is 0 Å². The molecule has 3 aromatic carbocycles. The summed E-state index contributed by atoms with van der Waals surface area (Å²) in [6, 6.07) is 17.5. The molecule has 0 aliphatic rings. The van der Waals surface area contributed by atoms with Gasteiger partial charge in [0, 0.05) is 11.7 Å². The van der Waals surface area contributed by atoms with E-state index >= 15 is 0 Å². The Morgan fingerprint density at radius 2 is 1.50 bits per heavy atom. The lowest BCUT2D eigenvalue weighted by molar-refractivity contribution is -0.143. The van der Waals surface area contributed by atoms with Crippen LogP contribution in [-0.4, -0.2) is 40.5 Å². The van der Waals surface area contributed by atoms with Crippen LogP contribution in [0.15, 0.2) is 60.7 Å². The molecule has 42 heavy (non-hydrogen) atoms. The Labute approximate surface area is 251 Å². The average molecular weight is 574 g/mol. The normalized spacial score (nSPS) is 13.8. The van der Waals surface area contributed by atoms with Crippen LogP contribution in [0.4, 0.5) is 10.5 Å². The lowest BCUT2D eigenvalue weighted by atomic mass is 9.95. The highest BCUT2D eigenvalue weighted by molar-refractivity contribution is 6.00. The van der Waals surface area contributed by atoms with Crippen molar-refractivity contribution in [2.75, 3.05) is 5.32 Å². The Hall–Kier alpha value is -3.87. The number of anilines is 1. The fourth-order valence-corrected chi connectivity index (χ4v) is 4.93. The molecule has 0 spiro atoms. The lowest BCUT2D eigenvalue weighted by Crippen LogP contribution is -2.54. The molecule has 3 atom stereocenters. The molecule has 0 aliphatic carbocycles. The van der Waals surface area contributed by atoms with Gasteiger partial charge in [-0.05, 0) is 107 Å². The summed E-state index contributed by atoms with van der Waals surface area (Å²) in [5.41, 5.74) is 2.77. The standard InChI is InChI=1S/C35H47N3O4/c1-22(2)14-16-25(5)38(33(40)26(6)36-34(41)42-35(7,8)9)31(29-17-15-23(3)24(4)20-29)32(39)37-30-19-18-27-12-10-11-13-28(27)21-30/h10-13,15,17-22,25-26,31H,14,16H2,1-9H3,(H,36,41)(H,37,39). The zero-order chi connectivity index (χ0) is 31.2. The minimum Gasteiger partial charge on any atom is -0.444 e. The first-order valence-corrected chi connectivity index (χ1v) is 14.8. The molecule has 0 aliphatic heterocycles. The van der Waals surface area contributed by atoms with Gasteiger partial charge in [-0.1, -0.05) is 62.4 Å². The van der Waals surface area contributed by atoms with E-state index in [9.17, 15) is 14.4 Å². The maximum atomic E-state index is 14.2. The van der Waals surface area contributed by atoms with Crippen LogP contribution >= 0.6 is 0 Å². The van der Waals surface area contributed by atoms with Gasteiger partial charge in [0.25, 0.3) is 5.91 Å². The van der Waals surface area contributed by atoms with Crippen LogP contribution in [-0.2, 0) is 14.3 Å². The van der Waals surface area contributed by atoms with Crippen LogP contribution in [0.1, 0.15) is 84.0 Å². The summed E-state index contributed by atoms with van der Waals surface area (Å²) in [5.74, 6) is -0.245. The largest absolute Gasteiger partial charge is 0.444 e. The minimum atomic E-state index is -0.923. The molecule has 3 unspecified atom stereocenters. The monoisotopic (exact) mass is 573 g/mol. The minimum absolute atomic E-state index is 0.281. The van der Waals surface area contributed by atoms with Crippen LogP contribution in [0.3, 0.4) is 0 Å². The van der Waals surface area contributed by atoms with E-state index in [1.807, 2.05) is 81.4 Å². The number of carbonyl (C=O) groups excluding carboxylic acids is 3. The number of amides is 3. The van der Waals surface area contributed by atoms with Crippen molar-refractivity contribution in [3.8, 4) is 0 Å². The molecule has 0 saturated heterocycles. The van der Waals surface area contributed by atoms with Gasteiger partial charge in [-0.25, -0.2) is 4.79 Å². The Kier molecular flexibility index (Phi) is 10.8. The van der Waals surface area contributed by atoms with E-state index in [0.717, 1.165) is 28.3 Å². The van der Waals surface area contributed by atoms with E-state index in [2.05, 4.69) is 24.5 Å². The maximum absolute atomic E-state index is 14.2. The molecule has 0 aromatic heterocycles. The molecular formula is C35H47N3O4. The van der Waals surface area contributed by atoms with E-state index in [1.165, 1.54) is 0 Å². The Balaban J connectivity index is 2.05. The smallest absolute Gasteiger partial charge is 0.408 e. The van der Waals surface area contributed by atoms with Crippen LogP contribution in [0.25, 0.3) is 10.8 Å². The molecule has 0 bridgehead atoms. The molecule has 226 valence electrons. The fourth-order valence-electron chi connectivity index (χ4n) is 4.93. The molecule has 7 nitrogen and oxygen atoms in total. The number of nitrogens with one attached hydrogen (secondary N) is 2. The van der Waals surface area contributed by atoms with Gasteiger partial charge in [0.1, 0.15) is 17.7 Å². The van der Waals surface area contributed by atoms with Crippen molar-refractivity contribution in [3.63, 3.8) is 0 Å². The Morgan fingerprint density at radius 1 is 0.833 bits per heavy atom. The van der Waals surface area contributed by atoms with Crippen LogP contribution in [0.2, 0.25) is 0 Å². The third-order valence-electron chi connectivity index (χ3n) is 7.39. The molecule has 3 aromatic rings. The van der Waals surface area contributed by atoms with Crippen molar-refractivity contribution in [1.82, 2.24) is 10.2 Å². The highest BCUT2D eigenvalue weighted by Gasteiger charge is 2.37. The lowest BCUT2D eigenvalue weighted by Gasteiger charge is -2.38. The van der Waals surface area contributed by atoms with Gasteiger partial charge in [0.2, 0.25) is 5.91 Å². The molecule has 3 rings (SSSR count). The Morgan fingerprint density at radius 3 is 2.12 bits per heavy atom. The van der Waals surface area contributed by atoms with E-state index < -0.39 is 23.8 Å². The molecule has 7 heteroatoms. The van der Waals surface area contributed by atoms with Gasteiger partial charge in [0.05, 0.1) is 0 Å². The van der Waals surface area contributed by atoms with Gasteiger partial charge in [-0.15, -0.1) is 0 Å². The summed E-state index contributed by atoms with van der Waals surface area (Å²) >= 11 is 0. The molecule has 2 N–H and O–H groups in total. The SMILES string of the molecule is Cc1ccc(C(C(=O)Nc2ccc3ccccc3c2)N(C(=O)C(C)NC(=O)OC(C)(C)C)C(C)CCC(C)C)cc1C.